The summed E-state index contributed by atoms with van der Waals surface area (Å²) in [5.74, 6) is -0.597. The van der Waals surface area contributed by atoms with Gasteiger partial charge in [0.2, 0.25) is 5.91 Å². The fourth-order valence-corrected chi connectivity index (χ4v) is 1.35. The Balaban J connectivity index is 0.00000169. The molecule has 0 aliphatic rings. The lowest BCUT2D eigenvalue weighted by Gasteiger charge is -2.21. The van der Waals surface area contributed by atoms with Crippen molar-refractivity contribution in [2.24, 2.45) is 11.5 Å². The molecule has 1 aromatic rings. The van der Waals surface area contributed by atoms with Crippen LogP contribution >= 0.6 is 24.0 Å². The third-order valence-electron chi connectivity index (χ3n) is 1.95. The highest BCUT2D eigenvalue weighted by Gasteiger charge is 2.29. The molecule has 0 saturated carbocycles. The lowest BCUT2D eigenvalue weighted by Crippen LogP contribution is -2.46. The van der Waals surface area contributed by atoms with E-state index >= 15 is 0 Å². The molecular weight excluding hydrogens is 223 g/mol. The van der Waals surface area contributed by atoms with E-state index in [4.69, 9.17) is 23.1 Å². The van der Waals surface area contributed by atoms with Gasteiger partial charge in [-0.25, -0.2) is 0 Å². The van der Waals surface area contributed by atoms with Gasteiger partial charge in [-0.15, -0.1) is 12.4 Å². The largest absolute Gasteiger partial charge is 0.368 e. The first-order valence-electron chi connectivity index (χ1n) is 3.80. The van der Waals surface area contributed by atoms with E-state index < -0.39 is 11.4 Å². The van der Waals surface area contributed by atoms with Crippen LogP contribution in [0.2, 0.25) is 5.02 Å². The maximum absolute atomic E-state index is 11.0. The summed E-state index contributed by atoms with van der Waals surface area (Å²) >= 11 is 5.87. The number of hydrogen-bond donors (Lipinski definition) is 2. The van der Waals surface area contributed by atoms with Crippen LogP contribution in [0.1, 0.15) is 12.5 Å². The Bertz CT molecular complexity index is 339. The molecule has 5 heteroatoms. The smallest absolute Gasteiger partial charge is 0.241 e. The van der Waals surface area contributed by atoms with Crippen LogP contribution in [-0.2, 0) is 10.3 Å². The standard InChI is InChI=1S/C9H11ClN2O.ClH/c1-9(12,8(11)13)6-4-2-3-5-7(6)10;/h2-5H,12H2,1H3,(H2,11,13);1H/t9-;/m1./s1. The number of hydrogen-bond acceptors (Lipinski definition) is 2. The summed E-state index contributed by atoms with van der Waals surface area (Å²) in [5.41, 5.74) is 10.2. The summed E-state index contributed by atoms with van der Waals surface area (Å²) in [5, 5.41) is 0.450. The minimum Gasteiger partial charge on any atom is -0.368 e. The van der Waals surface area contributed by atoms with Crippen molar-refractivity contribution >= 4 is 29.9 Å². The molecule has 0 heterocycles. The molecule has 0 aliphatic heterocycles. The number of carbonyl (C=O) groups is 1. The first-order chi connectivity index (χ1) is 5.96. The van der Waals surface area contributed by atoms with Crippen molar-refractivity contribution in [3.05, 3.63) is 34.9 Å². The highest BCUT2D eigenvalue weighted by atomic mass is 35.5. The summed E-state index contributed by atoms with van der Waals surface area (Å²) < 4.78 is 0. The molecule has 1 amide bonds. The van der Waals surface area contributed by atoms with E-state index in [2.05, 4.69) is 0 Å². The van der Waals surface area contributed by atoms with Crippen molar-refractivity contribution in [1.82, 2.24) is 0 Å². The zero-order chi connectivity index (χ0) is 10.1. The highest BCUT2D eigenvalue weighted by Crippen LogP contribution is 2.25. The van der Waals surface area contributed by atoms with Gasteiger partial charge < -0.3 is 11.5 Å². The topological polar surface area (TPSA) is 69.1 Å². The molecule has 0 radical (unpaired) electrons. The molecule has 0 bridgehead atoms. The van der Waals surface area contributed by atoms with Crippen LogP contribution in [0.15, 0.2) is 24.3 Å². The van der Waals surface area contributed by atoms with Gasteiger partial charge in [-0.05, 0) is 18.6 Å². The van der Waals surface area contributed by atoms with Gasteiger partial charge in [0.05, 0.1) is 0 Å². The van der Waals surface area contributed by atoms with Gasteiger partial charge in [0.25, 0.3) is 0 Å². The van der Waals surface area contributed by atoms with Crippen molar-refractivity contribution in [1.29, 1.82) is 0 Å². The summed E-state index contributed by atoms with van der Waals surface area (Å²) in [6, 6.07) is 6.89. The molecular formula is C9H12Cl2N2O. The number of carbonyl (C=O) groups excluding carboxylic acids is 1. The van der Waals surface area contributed by atoms with Gasteiger partial charge in [-0.2, -0.15) is 0 Å². The molecule has 78 valence electrons. The first-order valence-corrected chi connectivity index (χ1v) is 4.18. The van der Waals surface area contributed by atoms with E-state index in [1.807, 2.05) is 0 Å². The molecule has 0 saturated heterocycles. The molecule has 1 rings (SSSR count). The Hall–Kier alpha value is -0.770. The molecule has 0 aromatic heterocycles. The van der Waals surface area contributed by atoms with E-state index in [1.165, 1.54) is 6.92 Å². The van der Waals surface area contributed by atoms with E-state index in [0.717, 1.165) is 0 Å². The fraction of sp³-hybridized carbons (Fsp3) is 0.222. The predicted molar refractivity (Wildman–Crippen MR) is 59.4 cm³/mol. The minimum atomic E-state index is -1.21. The predicted octanol–water partition coefficient (Wildman–Crippen LogP) is 1.42. The molecule has 0 aliphatic carbocycles. The average molecular weight is 235 g/mol. The zero-order valence-corrected chi connectivity index (χ0v) is 9.23. The van der Waals surface area contributed by atoms with Gasteiger partial charge in [0.15, 0.2) is 0 Å². The number of amides is 1. The van der Waals surface area contributed by atoms with E-state index in [0.29, 0.717) is 10.6 Å². The van der Waals surface area contributed by atoms with Crippen LogP contribution in [0.3, 0.4) is 0 Å². The summed E-state index contributed by atoms with van der Waals surface area (Å²) in [7, 11) is 0. The Morgan fingerprint density at radius 1 is 1.43 bits per heavy atom. The van der Waals surface area contributed by atoms with Crippen molar-refractivity contribution in [2.75, 3.05) is 0 Å². The molecule has 3 nitrogen and oxygen atoms in total. The quantitative estimate of drug-likeness (QED) is 0.813. The van der Waals surface area contributed by atoms with Crippen LogP contribution in [0.5, 0.6) is 0 Å². The van der Waals surface area contributed by atoms with Gasteiger partial charge in [-0.1, -0.05) is 29.8 Å². The molecule has 14 heavy (non-hydrogen) atoms. The van der Waals surface area contributed by atoms with E-state index in [9.17, 15) is 4.79 Å². The third-order valence-corrected chi connectivity index (χ3v) is 2.27. The van der Waals surface area contributed by atoms with Crippen molar-refractivity contribution in [3.63, 3.8) is 0 Å². The average Bonchev–Trinajstić information content (AvgIpc) is 2.04. The molecule has 1 atom stereocenters. The van der Waals surface area contributed by atoms with Crippen LogP contribution < -0.4 is 11.5 Å². The molecule has 4 N–H and O–H groups in total. The van der Waals surface area contributed by atoms with Crippen LogP contribution in [-0.4, -0.2) is 5.91 Å². The first kappa shape index (κ1) is 13.2. The Morgan fingerprint density at radius 3 is 2.36 bits per heavy atom. The fourth-order valence-electron chi connectivity index (χ4n) is 1.02. The van der Waals surface area contributed by atoms with Crippen molar-refractivity contribution in [3.8, 4) is 0 Å². The Labute approximate surface area is 93.8 Å². The van der Waals surface area contributed by atoms with Crippen LogP contribution in [0.4, 0.5) is 0 Å². The van der Waals surface area contributed by atoms with E-state index in [-0.39, 0.29) is 12.4 Å². The maximum Gasteiger partial charge on any atom is 0.241 e. The third kappa shape index (κ3) is 2.38. The molecule has 0 fully saturated rings. The monoisotopic (exact) mass is 234 g/mol. The lowest BCUT2D eigenvalue weighted by molar-refractivity contribution is -0.122. The number of nitrogens with two attached hydrogens (primary N) is 2. The number of rotatable bonds is 2. The molecule has 0 unspecified atom stereocenters. The Morgan fingerprint density at radius 2 is 1.93 bits per heavy atom. The van der Waals surface area contributed by atoms with Gasteiger partial charge in [-0.3, -0.25) is 4.79 Å². The van der Waals surface area contributed by atoms with Gasteiger partial charge in [0, 0.05) is 5.02 Å². The van der Waals surface area contributed by atoms with Crippen molar-refractivity contribution in [2.45, 2.75) is 12.5 Å². The lowest BCUT2D eigenvalue weighted by atomic mass is 9.93. The zero-order valence-electron chi connectivity index (χ0n) is 7.66. The van der Waals surface area contributed by atoms with Crippen LogP contribution in [0, 0.1) is 0 Å². The summed E-state index contributed by atoms with van der Waals surface area (Å²) in [6.45, 7) is 1.54. The van der Waals surface area contributed by atoms with Crippen LogP contribution in [0.25, 0.3) is 0 Å². The summed E-state index contributed by atoms with van der Waals surface area (Å²) in [4.78, 5) is 11.0. The highest BCUT2D eigenvalue weighted by molar-refractivity contribution is 6.31. The number of primary amides is 1. The summed E-state index contributed by atoms with van der Waals surface area (Å²) in [6.07, 6.45) is 0. The molecule has 0 spiro atoms. The number of halogens is 2. The second-order valence-electron chi connectivity index (χ2n) is 3.05. The van der Waals surface area contributed by atoms with Crippen molar-refractivity contribution < 1.29 is 4.79 Å². The second-order valence-corrected chi connectivity index (χ2v) is 3.45. The normalized spacial score (nSPS) is 13.9. The Kier molecular flexibility index (Phi) is 4.39. The molecule has 1 aromatic carbocycles. The SMILES string of the molecule is C[C@](N)(C(N)=O)c1ccccc1Cl.Cl. The maximum atomic E-state index is 11.0. The van der Waals surface area contributed by atoms with E-state index in [1.54, 1.807) is 24.3 Å². The second kappa shape index (κ2) is 4.64. The van der Waals surface area contributed by atoms with Gasteiger partial charge in [0.1, 0.15) is 5.54 Å². The minimum absolute atomic E-state index is 0. The number of benzene rings is 1. The van der Waals surface area contributed by atoms with Gasteiger partial charge >= 0.3 is 0 Å².